The average molecular weight is 285 g/mol. The lowest BCUT2D eigenvalue weighted by Gasteiger charge is -2.23. The molecule has 1 rings (SSSR count). The summed E-state index contributed by atoms with van der Waals surface area (Å²) in [6, 6.07) is 2.00. The summed E-state index contributed by atoms with van der Waals surface area (Å²) in [5.74, 6) is 1.63. The first-order chi connectivity index (χ1) is 8.96. The van der Waals surface area contributed by atoms with E-state index >= 15 is 0 Å². The second-order valence-electron chi connectivity index (χ2n) is 5.23. The van der Waals surface area contributed by atoms with Crippen LogP contribution in [0.3, 0.4) is 0 Å². The Hall–Kier alpha value is -0.770. The monoisotopic (exact) mass is 284 g/mol. The Kier molecular flexibility index (Phi) is 6.11. The van der Waals surface area contributed by atoms with Crippen molar-refractivity contribution in [2.75, 3.05) is 20.2 Å². The van der Waals surface area contributed by atoms with Crippen LogP contribution >= 0.6 is 11.6 Å². The smallest absolute Gasteiger partial charge is 0.122 e. The first-order valence-electron chi connectivity index (χ1n) is 6.68. The fourth-order valence-electron chi connectivity index (χ4n) is 2.45. The van der Waals surface area contributed by atoms with Gasteiger partial charge in [0.25, 0.3) is 0 Å². The minimum atomic E-state index is 0.323. The summed E-state index contributed by atoms with van der Waals surface area (Å²) in [4.78, 5) is 0. The molecule has 108 valence electrons. The molecule has 0 bridgehead atoms. The van der Waals surface area contributed by atoms with Crippen LogP contribution in [-0.2, 0) is 6.42 Å². The third-order valence-electron chi connectivity index (χ3n) is 3.93. The van der Waals surface area contributed by atoms with Crippen molar-refractivity contribution in [1.82, 2.24) is 0 Å². The lowest BCUT2D eigenvalue weighted by atomic mass is 9.86. The van der Waals surface area contributed by atoms with E-state index in [0.717, 1.165) is 33.9 Å². The number of ether oxygens (including phenoxy) is 1. The topological polar surface area (TPSA) is 61.3 Å². The van der Waals surface area contributed by atoms with Crippen LogP contribution in [0.25, 0.3) is 0 Å². The highest BCUT2D eigenvalue weighted by Crippen LogP contribution is 2.34. The molecule has 0 spiro atoms. The van der Waals surface area contributed by atoms with Gasteiger partial charge in [-0.2, -0.15) is 0 Å². The summed E-state index contributed by atoms with van der Waals surface area (Å²) >= 11 is 6.34. The maximum Gasteiger partial charge on any atom is 0.122 e. The highest BCUT2D eigenvalue weighted by atomic mass is 35.5. The number of rotatable bonds is 6. The van der Waals surface area contributed by atoms with Gasteiger partial charge in [0, 0.05) is 5.02 Å². The maximum atomic E-state index is 6.34. The normalized spacial score (nSPS) is 12.8. The van der Waals surface area contributed by atoms with Gasteiger partial charge in [0.2, 0.25) is 0 Å². The summed E-state index contributed by atoms with van der Waals surface area (Å²) in [6.45, 7) is 7.43. The number of benzene rings is 1. The van der Waals surface area contributed by atoms with Crippen LogP contribution in [0, 0.1) is 25.7 Å². The van der Waals surface area contributed by atoms with Gasteiger partial charge in [0.1, 0.15) is 5.75 Å². The molecule has 1 atom stereocenters. The van der Waals surface area contributed by atoms with E-state index in [1.165, 1.54) is 0 Å². The first kappa shape index (κ1) is 16.3. The van der Waals surface area contributed by atoms with Crippen molar-refractivity contribution >= 4 is 11.6 Å². The van der Waals surface area contributed by atoms with E-state index < -0.39 is 0 Å². The van der Waals surface area contributed by atoms with Crippen molar-refractivity contribution in [3.8, 4) is 5.75 Å². The van der Waals surface area contributed by atoms with E-state index in [-0.39, 0.29) is 0 Å². The largest absolute Gasteiger partial charge is 0.496 e. The van der Waals surface area contributed by atoms with Crippen LogP contribution in [0.15, 0.2) is 6.07 Å². The fourth-order valence-corrected chi connectivity index (χ4v) is 2.61. The van der Waals surface area contributed by atoms with Crippen molar-refractivity contribution in [2.45, 2.75) is 27.2 Å². The van der Waals surface area contributed by atoms with Crippen LogP contribution in [0.2, 0.25) is 5.02 Å². The fraction of sp³-hybridized carbons (Fsp3) is 0.600. The third-order valence-corrected chi connectivity index (χ3v) is 4.51. The molecule has 4 heteroatoms. The van der Waals surface area contributed by atoms with E-state index in [9.17, 15) is 0 Å². The van der Waals surface area contributed by atoms with Gasteiger partial charge < -0.3 is 16.2 Å². The molecule has 0 aliphatic carbocycles. The molecule has 1 aromatic rings. The van der Waals surface area contributed by atoms with Crippen molar-refractivity contribution in [1.29, 1.82) is 0 Å². The van der Waals surface area contributed by atoms with E-state index in [0.29, 0.717) is 24.9 Å². The quantitative estimate of drug-likeness (QED) is 0.844. The summed E-state index contributed by atoms with van der Waals surface area (Å²) in [5.41, 5.74) is 14.8. The molecule has 0 heterocycles. The van der Waals surface area contributed by atoms with Gasteiger partial charge in [0.05, 0.1) is 7.11 Å². The van der Waals surface area contributed by atoms with Gasteiger partial charge in [-0.05, 0) is 68.0 Å². The van der Waals surface area contributed by atoms with Crippen LogP contribution in [0.5, 0.6) is 5.75 Å². The molecule has 1 aromatic carbocycles. The van der Waals surface area contributed by atoms with Gasteiger partial charge in [-0.1, -0.05) is 18.5 Å². The Morgan fingerprint density at radius 1 is 1.26 bits per heavy atom. The zero-order chi connectivity index (χ0) is 14.6. The molecule has 0 saturated carbocycles. The Balaban J connectivity index is 3.09. The van der Waals surface area contributed by atoms with Crippen LogP contribution in [0.1, 0.15) is 23.6 Å². The summed E-state index contributed by atoms with van der Waals surface area (Å²) in [6.07, 6.45) is 0.883. The molecule has 0 radical (unpaired) electrons. The van der Waals surface area contributed by atoms with Crippen molar-refractivity contribution in [2.24, 2.45) is 23.3 Å². The number of hydrogen-bond donors (Lipinski definition) is 2. The van der Waals surface area contributed by atoms with Crippen molar-refractivity contribution in [3.63, 3.8) is 0 Å². The molecular formula is C15H25ClN2O. The SMILES string of the molecule is COc1cc(C)c(Cl)c(C)c1CC(C)C(CN)CN. The molecule has 0 saturated heterocycles. The van der Waals surface area contributed by atoms with Crippen molar-refractivity contribution < 1.29 is 4.74 Å². The highest BCUT2D eigenvalue weighted by molar-refractivity contribution is 6.32. The number of hydrogen-bond acceptors (Lipinski definition) is 3. The maximum absolute atomic E-state index is 6.34. The number of aryl methyl sites for hydroxylation is 1. The molecule has 0 aliphatic rings. The Bertz CT molecular complexity index is 431. The molecule has 0 aliphatic heterocycles. The highest BCUT2D eigenvalue weighted by Gasteiger charge is 2.19. The molecule has 0 aromatic heterocycles. The number of methoxy groups -OCH3 is 1. The molecule has 19 heavy (non-hydrogen) atoms. The van der Waals surface area contributed by atoms with E-state index in [1.54, 1.807) is 7.11 Å². The third kappa shape index (κ3) is 3.62. The van der Waals surface area contributed by atoms with Crippen molar-refractivity contribution in [3.05, 3.63) is 27.8 Å². The number of nitrogens with two attached hydrogens (primary N) is 2. The lowest BCUT2D eigenvalue weighted by molar-refractivity contribution is 0.360. The van der Waals surface area contributed by atoms with Gasteiger partial charge >= 0.3 is 0 Å². The predicted octanol–water partition coefficient (Wildman–Crippen LogP) is 2.68. The molecule has 3 nitrogen and oxygen atoms in total. The summed E-state index contributed by atoms with van der Waals surface area (Å²) < 4.78 is 5.49. The van der Waals surface area contributed by atoms with Crippen LogP contribution in [-0.4, -0.2) is 20.2 Å². The summed E-state index contributed by atoms with van der Waals surface area (Å²) in [5, 5.41) is 0.819. The van der Waals surface area contributed by atoms with E-state index in [2.05, 4.69) is 6.92 Å². The second kappa shape index (κ2) is 7.13. The van der Waals surface area contributed by atoms with E-state index in [4.69, 9.17) is 27.8 Å². The van der Waals surface area contributed by atoms with Crippen LogP contribution < -0.4 is 16.2 Å². The lowest BCUT2D eigenvalue weighted by Crippen LogP contribution is -2.30. The first-order valence-corrected chi connectivity index (χ1v) is 7.06. The number of halogens is 1. The minimum absolute atomic E-state index is 0.323. The average Bonchev–Trinajstić information content (AvgIpc) is 2.40. The predicted molar refractivity (Wildman–Crippen MR) is 81.9 cm³/mol. The zero-order valence-corrected chi connectivity index (χ0v) is 13.1. The molecular weight excluding hydrogens is 260 g/mol. The molecule has 0 fully saturated rings. The van der Waals surface area contributed by atoms with Gasteiger partial charge in [-0.25, -0.2) is 0 Å². The molecule has 0 amide bonds. The molecule has 1 unspecified atom stereocenters. The van der Waals surface area contributed by atoms with Crippen LogP contribution in [0.4, 0.5) is 0 Å². The second-order valence-corrected chi connectivity index (χ2v) is 5.60. The zero-order valence-electron chi connectivity index (χ0n) is 12.3. The van der Waals surface area contributed by atoms with Gasteiger partial charge in [-0.15, -0.1) is 0 Å². The standard InChI is InChI=1S/C15H25ClN2O/c1-9(12(7-17)8-18)5-13-11(3)15(16)10(2)6-14(13)19-4/h6,9,12H,5,7-8,17-18H2,1-4H3. The Morgan fingerprint density at radius 2 is 1.84 bits per heavy atom. The molecule has 4 N–H and O–H groups in total. The summed E-state index contributed by atoms with van der Waals surface area (Å²) in [7, 11) is 1.69. The Morgan fingerprint density at radius 3 is 2.32 bits per heavy atom. The van der Waals surface area contributed by atoms with E-state index in [1.807, 2.05) is 19.9 Å². The Labute approximate surface area is 121 Å². The minimum Gasteiger partial charge on any atom is -0.496 e. The van der Waals surface area contributed by atoms with Gasteiger partial charge in [0.15, 0.2) is 0 Å². The van der Waals surface area contributed by atoms with Gasteiger partial charge in [-0.3, -0.25) is 0 Å².